The van der Waals surface area contributed by atoms with Crippen molar-refractivity contribution in [3.63, 3.8) is 0 Å². The summed E-state index contributed by atoms with van der Waals surface area (Å²) in [5, 5.41) is 19.8. The fourth-order valence-electron chi connectivity index (χ4n) is 2.97. The van der Waals surface area contributed by atoms with Gasteiger partial charge in [0.1, 0.15) is 23.3 Å². The Morgan fingerprint density at radius 2 is 2.14 bits per heavy atom. The lowest BCUT2D eigenvalue weighted by atomic mass is 10.1. The molecule has 0 aliphatic heterocycles. The van der Waals surface area contributed by atoms with Crippen LogP contribution in [0.5, 0.6) is 11.5 Å². The Kier molecular flexibility index (Phi) is 2.28. The predicted octanol–water partition coefficient (Wildman–Crippen LogP) is 3.59. The fourth-order valence-corrected chi connectivity index (χ4v) is 2.97. The van der Waals surface area contributed by atoms with E-state index in [0.717, 1.165) is 33.6 Å². The van der Waals surface area contributed by atoms with Gasteiger partial charge in [0.2, 0.25) is 0 Å². The van der Waals surface area contributed by atoms with Gasteiger partial charge in [-0.3, -0.25) is 0 Å². The van der Waals surface area contributed by atoms with Crippen molar-refractivity contribution in [3.8, 4) is 28.9 Å². The minimum absolute atomic E-state index is 0.0798. The van der Waals surface area contributed by atoms with Gasteiger partial charge in [-0.2, -0.15) is 5.26 Å². The van der Waals surface area contributed by atoms with Crippen molar-refractivity contribution in [1.29, 1.82) is 5.26 Å². The number of phenolic OH excluding ortho intramolecular Hbond substituents is 1. The van der Waals surface area contributed by atoms with Gasteiger partial charge in [-0.05, 0) is 29.8 Å². The van der Waals surface area contributed by atoms with Gasteiger partial charge in [0.15, 0.2) is 5.58 Å². The molecule has 0 unspecified atom stereocenters. The summed E-state index contributed by atoms with van der Waals surface area (Å²) in [6.45, 7) is 0. The van der Waals surface area contributed by atoms with E-state index in [0.29, 0.717) is 17.6 Å². The van der Waals surface area contributed by atoms with E-state index in [1.807, 2.05) is 18.2 Å². The van der Waals surface area contributed by atoms with Gasteiger partial charge in [0.05, 0.1) is 12.7 Å². The molecule has 4 rings (SSSR count). The quantitative estimate of drug-likeness (QED) is 0.577. The third kappa shape index (κ3) is 1.55. The third-order valence-corrected chi connectivity index (χ3v) is 3.92. The maximum absolute atomic E-state index is 9.78. The Morgan fingerprint density at radius 1 is 1.29 bits per heavy atom. The summed E-state index contributed by atoms with van der Waals surface area (Å²) in [7, 11) is 1.64. The van der Waals surface area contributed by atoms with Gasteiger partial charge in [-0.1, -0.05) is 0 Å². The molecule has 1 N–H and O–H groups in total. The molecule has 1 heterocycles. The second kappa shape index (κ2) is 4.03. The van der Waals surface area contributed by atoms with Crippen molar-refractivity contribution in [2.45, 2.75) is 6.42 Å². The molecule has 3 aromatic rings. The number of fused-ring (bicyclic) bond motifs is 5. The zero-order valence-electron chi connectivity index (χ0n) is 11.3. The molecule has 0 atom stereocenters. The van der Waals surface area contributed by atoms with Crippen molar-refractivity contribution in [1.82, 2.24) is 0 Å². The summed E-state index contributed by atoms with van der Waals surface area (Å²) >= 11 is 0. The monoisotopic (exact) mass is 277 g/mol. The molecule has 2 aromatic carbocycles. The Morgan fingerprint density at radius 3 is 2.90 bits per heavy atom. The van der Waals surface area contributed by atoms with E-state index in [-0.39, 0.29) is 5.75 Å². The van der Waals surface area contributed by atoms with Gasteiger partial charge in [-0.15, -0.1) is 0 Å². The Balaban J connectivity index is 2.01. The fraction of sp³-hybridized carbons (Fsp3) is 0.118. The lowest BCUT2D eigenvalue weighted by molar-refractivity contribution is 0.414. The second-order valence-electron chi connectivity index (χ2n) is 5.09. The molecule has 1 aliphatic rings. The molecule has 0 radical (unpaired) electrons. The molecule has 0 amide bonds. The summed E-state index contributed by atoms with van der Waals surface area (Å²) in [5.74, 6) is 1.67. The average Bonchev–Trinajstić information content (AvgIpc) is 3.02. The van der Waals surface area contributed by atoms with Crippen molar-refractivity contribution >= 4 is 11.0 Å². The predicted molar refractivity (Wildman–Crippen MR) is 77.4 cm³/mol. The number of ether oxygens (including phenoxy) is 1. The number of hydrogen-bond donors (Lipinski definition) is 1. The minimum Gasteiger partial charge on any atom is -0.508 e. The van der Waals surface area contributed by atoms with E-state index in [4.69, 9.17) is 9.15 Å². The second-order valence-corrected chi connectivity index (χ2v) is 5.09. The lowest BCUT2D eigenvalue weighted by Crippen LogP contribution is -1.86. The average molecular weight is 277 g/mol. The molecule has 4 heteroatoms. The van der Waals surface area contributed by atoms with Crippen LogP contribution in [0.15, 0.2) is 34.7 Å². The van der Waals surface area contributed by atoms with E-state index in [2.05, 4.69) is 6.07 Å². The Labute approximate surface area is 120 Å². The summed E-state index contributed by atoms with van der Waals surface area (Å²) in [6, 6.07) is 11.0. The summed E-state index contributed by atoms with van der Waals surface area (Å²) in [4.78, 5) is 0. The van der Waals surface area contributed by atoms with E-state index in [1.165, 1.54) is 6.07 Å². The van der Waals surface area contributed by atoms with Gasteiger partial charge in [0.25, 0.3) is 0 Å². The first-order valence-electron chi connectivity index (χ1n) is 6.57. The van der Waals surface area contributed by atoms with Crippen LogP contribution in [0.2, 0.25) is 0 Å². The van der Waals surface area contributed by atoms with Gasteiger partial charge in [-0.25, -0.2) is 0 Å². The third-order valence-electron chi connectivity index (χ3n) is 3.92. The molecular weight excluding hydrogens is 266 g/mol. The summed E-state index contributed by atoms with van der Waals surface area (Å²) in [5.41, 5.74) is 4.06. The number of aromatic hydroxyl groups is 1. The molecule has 0 saturated carbocycles. The zero-order chi connectivity index (χ0) is 14.6. The van der Waals surface area contributed by atoms with Gasteiger partial charge in [0, 0.05) is 29.0 Å². The highest BCUT2D eigenvalue weighted by molar-refractivity contribution is 5.95. The SMILES string of the molecule is COc1ccc2c(c1)Cc1c-2oc2c(C#N)cc(O)cc12. The minimum atomic E-state index is 0.0798. The van der Waals surface area contributed by atoms with Gasteiger partial charge >= 0.3 is 0 Å². The highest BCUT2D eigenvalue weighted by Crippen LogP contribution is 2.45. The first kappa shape index (κ1) is 11.9. The molecule has 1 aliphatic carbocycles. The van der Waals surface area contributed by atoms with Crippen LogP contribution in [-0.2, 0) is 6.42 Å². The number of furan rings is 1. The molecular formula is C17H11NO3. The van der Waals surface area contributed by atoms with Crippen LogP contribution in [0.25, 0.3) is 22.3 Å². The van der Waals surface area contributed by atoms with Crippen LogP contribution in [-0.4, -0.2) is 12.2 Å². The van der Waals surface area contributed by atoms with E-state index < -0.39 is 0 Å². The highest BCUT2D eigenvalue weighted by Gasteiger charge is 2.27. The summed E-state index contributed by atoms with van der Waals surface area (Å²) < 4.78 is 11.2. The molecule has 21 heavy (non-hydrogen) atoms. The van der Waals surface area contributed by atoms with E-state index >= 15 is 0 Å². The van der Waals surface area contributed by atoms with Crippen molar-refractivity contribution < 1.29 is 14.3 Å². The van der Waals surface area contributed by atoms with Crippen molar-refractivity contribution in [3.05, 3.63) is 47.0 Å². The molecule has 0 spiro atoms. The molecule has 0 fully saturated rings. The zero-order valence-corrected chi connectivity index (χ0v) is 11.3. The number of phenols is 1. The van der Waals surface area contributed by atoms with Crippen LogP contribution in [0, 0.1) is 11.3 Å². The first-order chi connectivity index (χ1) is 10.2. The number of rotatable bonds is 1. The number of methoxy groups -OCH3 is 1. The molecule has 4 nitrogen and oxygen atoms in total. The van der Waals surface area contributed by atoms with Crippen LogP contribution >= 0.6 is 0 Å². The van der Waals surface area contributed by atoms with E-state index in [1.54, 1.807) is 13.2 Å². The number of nitriles is 1. The Hall–Kier alpha value is -2.93. The largest absolute Gasteiger partial charge is 0.508 e. The maximum Gasteiger partial charge on any atom is 0.153 e. The van der Waals surface area contributed by atoms with Crippen molar-refractivity contribution in [2.75, 3.05) is 7.11 Å². The number of benzene rings is 2. The van der Waals surface area contributed by atoms with Crippen LogP contribution in [0.4, 0.5) is 0 Å². The normalized spacial score (nSPS) is 12.0. The van der Waals surface area contributed by atoms with E-state index in [9.17, 15) is 10.4 Å². The highest BCUT2D eigenvalue weighted by atomic mass is 16.5. The van der Waals surface area contributed by atoms with Crippen LogP contribution < -0.4 is 4.74 Å². The summed E-state index contributed by atoms with van der Waals surface area (Å²) in [6.07, 6.45) is 0.711. The maximum atomic E-state index is 9.78. The van der Waals surface area contributed by atoms with Crippen molar-refractivity contribution in [2.24, 2.45) is 0 Å². The van der Waals surface area contributed by atoms with Gasteiger partial charge < -0.3 is 14.3 Å². The smallest absolute Gasteiger partial charge is 0.153 e. The standard InChI is InChI=1S/C17H11NO3/c1-20-12-2-3-13-9(5-12)6-14-15-7-11(19)4-10(8-18)16(15)21-17(13)14/h2-5,7,19H,6H2,1H3. The molecule has 1 aromatic heterocycles. The van der Waals surface area contributed by atoms with Crippen LogP contribution in [0.3, 0.4) is 0 Å². The topological polar surface area (TPSA) is 66.4 Å². The number of hydrogen-bond acceptors (Lipinski definition) is 4. The molecule has 102 valence electrons. The molecule has 0 saturated heterocycles. The Bertz CT molecular complexity index is 931. The first-order valence-corrected chi connectivity index (χ1v) is 6.57. The molecule has 0 bridgehead atoms. The lowest BCUT2D eigenvalue weighted by Gasteiger charge is -2.03. The van der Waals surface area contributed by atoms with Crippen LogP contribution in [0.1, 0.15) is 16.7 Å². The number of nitrogens with zero attached hydrogens (tertiary/aromatic N) is 1.